The Morgan fingerprint density at radius 2 is 1.67 bits per heavy atom. The molecule has 3 aliphatic carbocycles. The number of halogens is 3. The normalized spacial score (nSPS) is 47.8. The average molecular weight is 179 g/mol. The van der Waals surface area contributed by atoms with Crippen LogP contribution in [0, 0.1) is 10.8 Å². The highest BCUT2D eigenvalue weighted by Crippen LogP contribution is 2.79. The van der Waals surface area contributed by atoms with E-state index in [1.165, 1.54) is 0 Å². The Balaban J connectivity index is 2.05. The lowest BCUT2D eigenvalue weighted by Gasteiger charge is -2.72. The molecule has 3 fully saturated rings. The van der Waals surface area contributed by atoms with Crippen LogP contribution in [-0.4, -0.2) is 12.2 Å². The molecule has 4 heteroatoms. The van der Waals surface area contributed by atoms with Crippen LogP contribution in [-0.2, 0) is 0 Å². The molecule has 0 saturated heterocycles. The second-order valence-corrected chi connectivity index (χ2v) is 4.46. The Bertz CT molecular complexity index is 199. The van der Waals surface area contributed by atoms with Crippen LogP contribution >= 0.6 is 0 Å². The molecule has 2 N–H and O–H groups in total. The van der Waals surface area contributed by atoms with Gasteiger partial charge in [0.05, 0.1) is 5.41 Å². The van der Waals surface area contributed by atoms with Crippen molar-refractivity contribution < 1.29 is 13.2 Å². The van der Waals surface area contributed by atoms with Gasteiger partial charge in [-0.25, -0.2) is 0 Å². The molecule has 12 heavy (non-hydrogen) atoms. The van der Waals surface area contributed by atoms with E-state index in [1.807, 2.05) is 0 Å². The van der Waals surface area contributed by atoms with Gasteiger partial charge in [-0.3, -0.25) is 0 Å². The quantitative estimate of drug-likeness (QED) is 0.655. The first-order valence-corrected chi connectivity index (χ1v) is 4.14. The molecule has 0 aromatic carbocycles. The summed E-state index contributed by atoms with van der Waals surface area (Å²) in [5.74, 6) is 0. The minimum Gasteiger partial charge on any atom is -0.327 e. The molecule has 0 aromatic rings. The lowest BCUT2D eigenvalue weighted by Crippen LogP contribution is -2.72. The van der Waals surface area contributed by atoms with Crippen LogP contribution in [0.25, 0.3) is 0 Å². The van der Waals surface area contributed by atoms with E-state index in [0.29, 0.717) is 0 Å². The first-order chi connectivity index (χ1) is 5.31. The summed E-state index contributed by atoms with van der Waals surface area (Å²) in [6, 6.07) is -0.0817. The van der Waals surface area contributed by atoms with Crippen LogP contribution in [0.5, 0.6) is 0 Å². The number of hydrogen-bond donors (Lipinski definition) is 1. The minimum absolute atomic E-state index is 0.0817. The second-order valence-electron chi connectivity index (χ2n) is 4.46. The first-order valence-electron chi connectivity index (χ1n) is 4.14. The van der Waals surface area contributed by atoms with Crippen molar-refractivity contribution >= 4 is 0 Å². The summed E-state index contributed by atoms with van der Waals surface area (Å²) in [6.45, 7) is 1.81. The molecule has 0 aromatic heterocycles. The Morgan fingerprint density at radius 3 is 1.92 bits per heavy atom. The Hall–Kier alpha value is -0.250. The van der Waals surface area contributed by atoms with Gasteiger partial charge >= 0.3 is 6.18 Å². The van der Waals surface area contributed by atoms with E-state index >= 15 is 0 Å². The molecule has 0 aliphatic heterocycles. The van der Waals surface area contributed by atoms with Gasteiger partial charge in [-0.15, -0.1) is 0 Å². The van der Waals surface area contributed by atoms with Crippen LogP contribution in [0.3, 0.4) is 0 Å². The number of nitrogens with two attached hydrogens (primary N) is 1. The van der Waals surface area contributed by atoms with E-state index in [2.05, 4.69) is 0 Å². The lowest BCUT2D eigenvalue weighted by atomic mass is 9.33. The summed E-state index contributed by atoms with van der Waals surface area (Å²) in [4.78, 5) is 0. The molecule has 0 radical (unpaired) electrons. The van der Waals surface area contributed by atoms with Crippen molar-refractivity contribution in [1.82, 2.24) is 0 Å². The summed E-state index contributed by atoms with van der Waals surface area (Å²) in [5.41, 5.74) is 4.11. The molecule has 0 heterocycles. The molecule has 70 valence electrons. The molecular weight excluding hydrogens is 167 g/mol. The van der Waals surface area contributed by atoms with Gasteiger partial charge in [0, 0.05) is 6.04 Å². The Labute approximate surface area is 69.1 Å². The van der Waals surface area contributed by atoms with Gasteiger partial charge in [-0.05, 0) is 31.6 Å². The van der Waals surface area contributed by atoms with Crippen molar-refractivity contribution in [3.63, 3.8) is 0 Å². The highest BCUT2D eigenvalue weighted by atomic mass is 19.4. The number of hydrogen-bond acceptors (Lipinski definition) is 1. The fraction of sp³-hybridized carbons (Fsp3) is 1.00. The summed E-state index contributed by atoms with van der Waals surface area (Å²) in [7, 11) is 0. The summed E-state index contributed by atoms with van der Waals surface area (Å²) < 4.78 is 36.9. The predicted octanol–water partition coefficient (Wildman–Crippen LogP) is 2.07. The molecule has 3 aliphatic rings. The van der Waals surface area contributed by atoms with E-state index in [9.17, 15) is 13.2 Å². The van der Waals surface area contributed by atoms with Crippen LogP contribution in [0.2, 0.25) is 0 Å². The van der Waals surface area contributed by atoms with Crippen molar-refractivity contribution in [3.05, 3.63) is 0 Å². The highest BCUT2D eigenvalue weighted by Gasteiger charge is 2.78. The van der Waals surface area contributed by atoms with Crippen molar-refractivity contribution in [2.45, 2.75) is 38.4 Å². The average Bonchev–Trinajstić information content (AvgIpc) is 1.46. The molecule has 0 amide bonds. The van der Waals surface area contributed by atoms with Crippen molar-refractivity contribution in [2.75, 3.05) is 0 Å². The monoisotopic (exact) mass is 179 g/mol. The van der Waals surface area contributed by atoms with Crippen LogP contribution < -0.4 is 5.73 Å². The molecule has 3 saturated carbocycles. The van der Waals surface area contributed by atoms with E-state index < -0.39 is 11.6 Å². The molecule has 1 atom stereocenters. The van der Waals surface area contributed by atoms with Crippen LogP contribution in [0.1, 0.15) is 26.2 Å². The maximum atomic E-state index is 12.3. The number of rotatable bonds is 1. The highest BCUT2D eigenvalue weighted by molar-refractivity contribution is 5.22. The van der Waals surface area contributed by atoms with Crippen molar-refractivity contribution in [2.24, 2.45) is 16.6 Å². The van der Waals surface area contributed by atoms with Gasteiger partial charge < -0.3 is 5.73 Å². The third-order valence-corrected chi connectivity index (χ3v) is 3.64. The standard InChI is InChI=1S/C8H12F3N/c1-5(12)6-2-7(3-6,4-6)8(9,10)11/h5H,2-4,12H2,1H3. The fourth-order valence-corrected chi connectivity index (χ4v) is 2.65. The lowest BCUT2D eigenvalue weighted by molar-refractivity contribution is -0.366. The zero-order valence-corrected chi connectivity index (χ0v) is 6.91. The minimum atomic E-state index is -4.00. The van der Waals surface area contributed by atoms with Gasteiger partial charge in [-0.1, -0.05) is 0 Å². The largest absolute Gasteiger partial charge is 0.394 e. The first kappa shape index (κ1) is 8.35. The summed E-state index contributed by atoms with van der Waals surface area (Å²) >= 11 is 0. The predicted molar refractivity (Wildman–Crippen MR) is 38.4 cm³/mol. The van der Waals surface area contributed by atoms with E-state index in [4.69, 9.17) is 5.73 Å². The summed E-state index contributed by atoms with van der Waals surface area (Å²) in [5, 5.41) is 0. The topological polar surface area (TPSA) is 26.0 Å². The van der Waals surface area contributed by atoms with Crippen LogP contribution in [0.4, 0.5) is 13.2 Å². The number of alkyl halides is 3. The second kappa shape index (κ2) is 1.81. The van der Waals surface area contributed by atoms with E-state index in [0.717, 1.165) is 0 Å². The van der Waals surface area contributed by atoms with Crippen molar-refractivity contribution in [1.29, 1.82) is 0 Å². The molecule has 3 rings (SSSR count). The zero-order valence-electron chi connectivity index (χ0n) is 6.91. The summed E-state index contributed by atoms with van der Waals surface area (Å²) in [6.07, 6.45) is -3.20. The van der Waals surface area contributed by atoms with Gasteiger partial charge in [-0.2, -0.15) is 13.2 Å². The van der Waals surface area contributed by atoms with Crippen molar-refractivity contribution in [3.8, 4) is 0 Å². The Morgan fingerprint density at radius 1 is 1.25 bits per heavy atom. The Kier molecular flexibility index (Phi) is 1.26. The van der Waals surface area contributed by atoms with Gasteiger partial charge in [0.1, 0.15) is 0 Å². The van der Waals surface area contributed by atoms with E-state index in [-0.39, 0.29) is 30.7 Å². The maximum absolute atomic E-state index is 12.3. The molecule has 1 unspecified atom stereocenters. The SMILES string of the molecule is CC(N)C12CC(C(F)(F)F)(C1)C2. The third-order valence-electron chi connectivity index (χ3n) is 3.64. The van der Waals surface area contributed by atoms with Gasteiger partial charge in [0.15, 0.2) is 0 Å². The van der Waals surface area contributed by atoms with Gasteiger partial charge in [0.2, 0.25) is 0 Å². The fourth-order valence-electron chi connectivity index (χ4n) is 2.65. The smallest absolute Gasteiger partial charge is 0.327 e. The molecule has 1 nitrogen and oxygen atoms in total. The van der Waals surface area contributed by atoms with Gasteiger partial charge in [0.25, 0.3) is 0 Å². The third kappa shape index (κ3) is 0.696. The maximum Gasteiger partial charge on any atom is 0.394 e. The van der Waals surface area contributed by atoms with E-state index in [1.54, 1.807) is 6.92 Å². The van der Waals surface area contributed by atoms with Crippen LogP contribution in [0.15, 0.2) is 0 Å². The molecule has 2 bridgehead atoms. The zero-order chi connectivity index (χ0) is 9.20. The molecular formula is C8H12F3N. The molecule has 0 spiro atoms.